The summed E-state index contributed by atoms with van der Waals surface area (Å²) in [4.78, 5) is 21.0. The van der Waals surface area contributed by atoms with Crippen molar-refractivity contribution >= 4 is 11.6 Å². The third kappa shape index (κ3) is 5.39. The number of aliphatic hydroxyl groups is 1. The lowest BCUT2D eigenvalue weighted by Crippen LogP contribution is -2.29. The molecule has 33 heavy (non-hydrogen) atoms. The van der Waals surface area contributed by atoms with E-state index in [9.17, 15) is 9.90 Å². The van der Waals surface area contributed by atoms with Crippen molar-refractivity contribution in [3.05, 3.63) is 90.1 Å². The van der Waals surface area contributed by atoms with Gasteiger partial charge in [0.2, 0.25) is 0 Å². The number of carbonyl (C=O) groups excluding carboxylic acids is 1. The molecule has 0 saturated heterocycles. The van der Waals surface area contributed by atoms with E-state index in [1.165, 1.54) is 6.33 Å². The summed E-state index contributed by atoms with van der Waals surface area (Å²) >= 11 is 0. The standard InChI is InChI=1S/C24H25N7O2/c1-31-22(29-30-23(31)21-10-12-25-16-27-21)15-26-19-9-5-8-18(14-19)24(33)28-20(11-13-32)17-6-3-2-4-7-17/h2-10,12,14,16,20,26,32H,11,13,15H2,1H3,(H,28,33). The highest BCUT2D eigenvalue weighted by molar-refractivity contribution is 5.95. The highest BCUT2D eigenvalue weighted by Gasteiger charge is 2.16. The second kappa shape index (κ2) is 10.5. The predicted octanol–water partition coefficient (Wildman–Crippen LogP) is 2.74. The maximum absolute atomic E-state index is 12.9. The molecule has 0 bridgehead atoms. The van der Waals surface area contributed by atoms with Gasteiger partial charge in [0.25, 0.3) is 5.91 Å². The minimum absolute atomic E-state index is 0.0177. The molecule has 4 aromatic rings. The molecule has 1 amide bonds. The zero-order chi connectivity index (χ0) is 23.0. The first-order valence-electron chi connectivity index (χ1n) is 10.6. The summed E-state index contributed by atoms with van der Waals surface area (Å²) in [6.07, 6.45) is 3.57. The Labute approximate surface area is 191 Å². The smallest absolute Gasteiger partial charge is 0.251 e. The molecule has 2 aromatic carbocycles. The molecule has 168 valence electrons. The van der Waals surface area contributed by atoms with Crippen molar-refractivity contribution in [1.82, 2.24) is 30.0 Å². The average molecular weight is 444 g/mol. The van der Waals surface area contributed by atoms with Crippen LogP contribution in [-0.2, 0) is 13.6 Å². The molecule has 3 N–H and O–H groups in total. The molecule has 2 heterocycles. The first-order valence-corrected chi connectivity index (χ1v) is 10.6. The van der Waals surface area contributed by atoms with E-state index in [1.54, 1.807) is 24.4 Å². The summed E-state index contributed by atoms with van der Waals surface area (Å²) in [5, 5.41) is 24.2. The van der Waals surface area contributed by atoms with Gasteiger partial charge in [-0.2, -0.15) is 0 Å². The third-order valence-electron chi connectivity index (χ3n) is 5.28. The molecule has 0 radical (unpaired) electrons. The van der Waals surface area contributed by atoms with Crippen LogP contribution in [0, 0.1) is 0 Å². The number of aromatic nitrogens is 5. The van der Waals surface area contributed by atoms with Crippen molar-refractivity contribution in [3.63, 3.8) is 0 Å². The SMILES string of the molecule is Cn1c(CNc2cccc(C(=O)NC(CCO)c3ccccc3)c2)nnc1-c1ccncn1. The zero-order valence-electron chi connectivity index (χ0n) is 18.2. The first-order chi connectivity index (χ1) is 16.2. The number of aliphatic hydroxyl groups excluding tert-OH is 1. The van der Waals surface area contributed by atoms with E-state index in [2.05, 4.69) is 30.8 Å². The largest absolute Gasteiger partial charge is 0.396 e. The van der Waals surface area contributed by atoms with E-state index < -0.39 is 0 Å². The van der Waals surface area contributed by atoms with Gasteiger partial charge in [-0.25, -0.2) is 9.97 Å². The molecule has 0 spiro atoms. The fraction of sp³-hybridized carbons (Fsp3) is 0.208. The molecular formula is C24H25N7O2. The number of nitrogens with one attached hydrogen (secondary N) is 2. The third-order valence-corrected chi connectivity index (χ3v) is 5.28. The molecular weight excluding hydrogens is 418 g/mol. The summed E-state index contributed by atoms with van der Waals surface area (Å²) in [6, 6.07) is 18.4. The van der Waals surface area contributed by atoms with Crippen LogP contribution in [0.3, 0.4) is 0 Å². The maximum atomic E-state index is 12.9. The van der Waals surface area contributed by atoms with Crippen LogP contribution in [0.5, 0.6) is 0 Å². The summed E-state index contributed by atoms with van der Waals surface area (Å²) in [7, 11) is 1.88. The van der Waals surface area contributed by atoms with E-state index in [4.69, 9.17) is 0 Å². The Hall–Kier alpha value is -4.11. The van der Waals surface area contributed by atoms with Crippen molar-refractivity contribution in [2.24, 2.45) is 7.05 Å². The van der Waals surface area contributed by atoms with Gasteiger partial charge in [0, 0.05) is 31.1 Å². The van der Waals surface area contributed by atoms with Crippen molar-refractivity contribution in [2.45, 2.75) is 19.0 Å². The van der Waals surface area contributed by atoms with Crippen LogP contribution in [0.2, 0.25) is 0 Å². The number of carbonyl (C=O) groups is 1. The number of benzene rings is 2. The normalized spacial score (nSPS) is 11.7. The van der Waals surface area contributed by atoms with Gasteiger partial charge in [-0.05, 0) is 36.2 Å². The zero-order valence-corrected chi connectivity index (χ0v) is 18.2. The monoisotopic (exact) mass is 443 g/mol. The van der Waals surface area contributed by atoms with Gasteiger partial charge in [0.05, 0.1) is 12.6 Å². The Morgan fingerprint density at radius 3 is 2.70 bits per heavy atom. The van der Waals surface area contributed by atoms with Gasteiger partial charge in [0.1, 0.15) is 12.0 Å². The molecule has 0 fully saturated rings. The van der Waals surface area contributed by atoms with Gasteiger partial charge >= 0.3 is 0 Å². The van der Waals surface area contributed by atoms with E-state index in [0.717, 1.165) is 17.1 Å². The molecule has 4 rings (SSSR count). The summed E-state index contributed by atoms with van der Waals surface area (Å²) in [6.45, 7) is 0.410. The molecule has 9 heteroatoms. The van der Waals surface area contributed by atoms with Gasteiger partial charge < -0.3 is 20.3 Å². The lowest BCUT2D eigenvalue weighted by Gasteiger charge is -2.18. The highest BCUT2D eigenvalue weighted by Crippen LogP contribution is 2.19. The van der Waals surface area contributed by atoms with E-state index in [1.807, 2.05) is 54.1 Å². The fourth-order valence-electron chi connectivity index (χ4n) is 3.49. The van der Waals surface area contributed by atoms with Crippen molar-refractivity contribution in [2.75, 3.05) is 11.9 Å². The Balaban J connectivity index is 1.43. The average Bonchev–Trinajstić information content (AvgIpc) is 3.23. The number of amides is 1. The lowest BCUT2D eigenvalue weighted by molar-refractivity contribution is 0.0930. The number of hydrogen-bond acceptors (Lipinski definition) is 7. The van der Waals surface area contributed by atoms with E-state index in [0.29, 0.717) is 30.0 Å². The van der Waals surface area contributed by atoms with Crippen LogP contribution in [0.25, 0.3) is 11.5 Å². The van der Waals surface area contributed by atoms with Gasteiger partial charge in [-0.1, -0.05) is 36.4 Å². The summed E-state index contributed by atoms with van der Waals surface area (Å²) in [5.74, 6) is 1.18. The Morgan fingerprint density at radius 1 is 1.09 bits per heavy atom. The summed E-state index contributed by atoms with van der Waals surface area (Å²) in [5.41, 5.74) is 2.96. The lowest BCUT2D eigenvalue weighted by atomic mass is 10.0. The second-order valence-electron chi connectivity index (χ2n) is 7.48. The maximum Gasteiger partial charge on any atom is 0.251 e. The van der Waals surface area contributed by atoms with Gasteiger partial charge in [0.15, 0.2) is 11.6 Å². The number of hydrogen-bond donors (Lipinski definition) is 3. The minimum Gasteiger partial charge on any atom is -0.396 e. The van der Waals surface area contributed by atoms with Gasteiger partial charge in [-0.15, -0.1) is 10.2 Å². The van der Waals surface area contributed by atoms with Crippen LogP contribution in [-0.4, -0.2) is 42.4 Å². The van der Waals surface area contributed by atoms with Crippen molar-refractivity contribution in [3.8, 4) is 11.5 Å². The van der Waals surface area contributed by atoms with E-state index >= 15 is 0 Å². The van der Waals surface area contributed by atoms with Crippen LogP contribution in [0.4, 0.5) is 5.69 Å². The quantitative estimate of drug-likeness (QED) is 0.364. The summed E-state index contributed by atoms with van der Waals surface area (Å²) < 4.78 is 1.87. The molecule has 0 aliphatic carbocycles. The van der Waals surface area contributed by atoms with Gasteiger partial charge in [-0.3, -0.25) is 4.79 Å². The second-order valence-corrected chi connectivity index (χ2v) is 7.48. The van der Waals surface area contributed by atoms with Crippen molar-refractivity contribution in [1.29, 1.82) is 0 Å². The molecule has 1 unspecified atom stereocenters. The molecule has 0 saturated carbocycles. The molecule has 0 aliphatic heterocycles. The molecule has 2 aromatic heterocycles. The molecule has 9 nitrogen and oxygen atoms in total. The Kier molecular flexibility index (Phi) is 7.01. The number of rotatable bonds is 9. The number of anilines is 1. The van der Waals surface area contributed by atoms with Crippen LogP contribution in [0.15, 0.2) is 73.2 Å². The Bertz CT molecular complexity index is 1200. The highest BCUT2D eigenvalue weighted by atomic mass is 16.3. The minimum atomic E-state index is -0.265. The topological polar surface area (TPSA) is 118 Å². The first kappa shape index (κ1) is 22.1. The Morgan fingerprint density at radius 2 is 1.94 bits per heavy atom. The number of nitrogens with zero attached hydrogens (tertiary/aromatic N) is 5. The van der Waals surface area contributed by atoms with Crippen LogP contribution < -0.4 is 10.6 Å². The molecule has 0 aliphatic rings. The predicted molar refractivity (Wildman–Crippen MR) is 124 cm³/mol. The van der Waals surface area contributed by atoms with E-state index in [-0.39, 0.29) is 18.6 Å². The van der Waals surface area contributed by atoms with Crippen molar-refractivity contribution < 1.29 is 9.90 Å². The molecule has 1 atom stereocenters. The van der Waals surface area contributed by atoms with Crippen LogP contribution in [0.1, 0.15) is 34.2 Å². The van der Waals surface area contributed by atoms with Crippen LogP contribution >= 0.6 is 0 Å². The fourth-order valence-corrected chi connectivity index (χ4v) is 3.49.